The monoisotopic (exact) mass is 395 g/mol. The Balaban J connectivity index is 1.78. The topological polar surface area (TPSA) is 100 Å². The quantitative estimate of drug-likeness (QED) is 0.782. The van der Waals surface area contributed by atoms with E-state index in [-0.39, 0.29) is 24.3 Å². The van der Waals surface area contributed by atoms with E-state index in [1.54, 1.807) is 0 Å². The molecular formula is C17H12F3N3O5. The van der Waals surface area contributed by atoms with Crippen LogP contribution in [0.1, 0.15) is 15.9 Å². The van der Waals surface area contributed by atoms with Crippen LogP contribution in [0.25, 0.3) is 0 Å². The van der Waals surface area contributed by atoms with Gasteiger partial charge >= 0.3 is 18.4 Å². The highest BCUT2D eigenvalue weighted by Crippen LogP contribution is 2.28. The number of urea groups is 1. The first-order chi connectivity index (χ1) is 13.2. The van der Waals surface area contributed by atoms with Crippen molar-refractivity contribution in [3.05, 3.63) is 53.9 Å². The normalized spacial score (nSPS) is 14.5. The summed E-state index contributed by atoms with van der Waals surface area (Å²) in [5.41, 5.74) is 0.259. The summed E-state index contributed by atoms with van der Waals surface area (Å²) in [6.45, 7) is -0.443. The van der Waals surface area contributed by atoms with Crippen molar-refractivity contribution < 1.29 is 37.4 Å². The molecule has 0 radical (unpaired) electrons. The first kappa shape index (κ1) is 19.1. The molecule has 1 saturated heterocycles. The number of rotatable bonds is 5. The molecule has 1 fully saturated rings. The third-order valence-electron chi connectivity index (χ3n) is 3.87. The number of carboxylic acids is 1. The van der Waals surface area contributed by atoms with E-state index in [1.807, 2.05) is 0 Å². The highest BCUT2D eigenvalue weighted by Gasteiger charge is 2.38. The number of benzene rings is 1. The maximum absolute atomic E-state index is 12.6. The summed E-state index contributed by atoms with van der Waals surface area (Å²) < 4.78 is 40.4. The van der Waals surface area contributed by atoms with Crippen molar-refractivity contribution in [2.45, 2.75) is 12.9 Å². The average Bonchev–Trinajstić information content (AvgIpc) is 2.88. The molecular weight excluding hydrogens is 383 g/mol. The van der Waals surface area contributed by atoms with Gasteiger partial charge in [-0.3, -0.25) is 9.78 Å². The highest BCUT2D eigenvalue weighted by molar-refractivity contribution is 6.19. The van der Waals surface area contributed by atoms with E-state index < -0.39 is 30.0 Å². The minimum atomic E-state index is -4.86. The SMILES string of the molecule is O=C(O)c1cnccc1CN1CC(=O)N(c2ccc(OC(F)(F)F)cc2)C1=O. The summed E-state index contributed by atoms with van der Waals surface area (Å²) in [4.78, 5) is 41.7. The molecule has 11 heteroatoms. The summed E-state index contributed by atoms with van der Waals surface area (Å²) in [6.07, 6.45) is -2.36. The lowest BCUT2D eigenvalue weighted by atomic mass is 10.1. The summed E-state index contributed by atoms with van der Waals surface area (Å²) in [5, 5.41) is 9.18. The maximum atomic E-state index is 12.6. The lowest BCUT2D eigenvalue weighted by molar-refractivity contribution is -0.274. The van der Waals surface area contributed by atoms with Crippen LogP contribution < -0.4 is 9.64 Å². The number of carboxylic acid groups (broad SMARTS) is 1. The fourth-order valence-electron chi connectivity index (χ4n) is 2.68. The molecule has 0 atom stereocenters. The number of halogens is 3. The number of carbonyl (C=O) groups is 3. The molecule has 1 aliphatic heterocycles. The molecule has 28 heavy (non-hydrogen) atoms. The van der Waals surface area contributed by atoms with Crippen LogP contribution >= 0.6 is 0 Å². The van der Waals surface area contributed by atoms with E-state index in [0.717, 1.165) is 40.3 Å². The summed E-state index contributed by atoms with van der Waals surface area (Å²) in [5.74, 6) is -2.31. The second kappa shape index (κ2) is 7.18. The number of pyridine rings is 1. The third-order valence-corrected chi connectivity index (χ3v) is 3.87. The Kier molecular flexibility index (Phi) is 4.91. The Bertz CT molecular complexity index is 930. The number of hydrogen-bond acceptors (Lipinski definition) is 5. The molecule has 0 saturated carbocycles. The smallest absolute Gasteiger partial charge is 0.478 e. The minimum Gasteiger partial charge on any atom is -0.478 e. The summed E-state index contributed by atoms with van der Waals surface area (Å²) in [7, 11) is 0. The standard InChI is InChI=1S/C17H12F3N3O5/c18-17(19,20)28-12-3-1-11(2-4-12)23-14(24)9-22(16(23)27)8-10-5-6-21-7-13(10)15(25)26/h1-7H,8-9H2,(H,25,26). The van der Waals surface area contributed by atoms with Gasteiger partial charge in [0.25, 0.3) is 5.91 Å². The molecule has 2 heterocycles. The fraction of sp³-hybridized carbons (Fsp3) is 0.176. The van der Waals surface area contributed by atoms with Crippen molar-refractivity contribution in [1.82, 2.24) is 9.88 Å². The van der Waals surface area contributed by atoms with E-state index in [4.69, 9.17) is 0 Å². The van der Waals surface area contributed by atoms with Gasteiger partial charge in [0.05, 0.1) is 11.3 Å². The first-order valence-corrected chi connectivity index (χ1v) is 7.79. The number of aromatic nitrogens is 1. The van der Waals surface area contributed by atoms with Gasteiger partial charge in [-0.1, -0.05) is 0 Å². The number of carbonyl (C=O) groups excluding carboxylic acids is 2. The molecule has 8 nitrogen and oxygen atoms in total. The Labute approximate surface area is 155 Å². The summed E-state index contributed by atoms with van der Waals surface area (Å²) in [6, 6.07) is 4.97. The predicted molar refractivity (Wildman–Crippen MR) is 87.6 cm³/mol. The number of anilines is 1. The molecule has 2 aromatic rings. The predicted octanol–water partition coefficient (Wildman–Crippen LogP) is 2.65. The van der Waals surface area contributed by atoms with Gasteiger partial charge in [0.2, 0.25) is 0 Å². The number of nitrogens with zero attached hydrogens (tertiary/aromatic N) is 3. The molecule has 3 amide bonds. The van der Waals surface area contributed by atoms with Crippen LogP contribution in [0, 0.1) is 0 Å². The second-order valence-corrected chi connectivity index (χ2v) is 5.75. The number of alkyl halides is 3. The fourth-order valence-corrected chi connectivity index (χ4v) is 2.68. The molecule has 146 valence electrons. The van der Waals surface area contributed by atoms with Crippen molar-refractivity contribution in [1.29, 1.82) is 0 Å². The van der Waals surface area contributed by atoms with Crippen LogP contribution in [-0.2, 0) is 11.3 Å². The van der Waals surface area contributed by atoms with Crippen LogP contribution in [0.5, 0.6) is 5.75 Å². The zero-order valence-corrected chi connectivity index (χ0v) is 14.0. The Morgan fingerprint density at radius 1 is 1.18 bits per heavy atom. The highest BCUT2D eigenvalue weighted by atomic mass is 19.4. The molecule has 1 N–H and O–H groups in total. The van der Waals surface area contributed by atoms with E-state index in [2.05, 4.69) is 9.72 Å². The van der Waals surface area contributed by atoms with Crippen LogP contribution in [0.15, 0.2) is 42.7 Å². The van der Waals surface area contributed by atoms with E-state index >= 15 is 0 Å². The number of imide groups is 1. The van der Waals surface area contributed by atoms with Gasteiger partial charge in [0.15, 0.2) is 0 Å². The average molecular weight is 395 g/mol. The molecule has 1 aromatic carbocycles. The van der Waals surface area contributed by atoms with Gasteiger partial charge in [-0.15, -0.1) is 13.2 Å². The van der Waals surface area contributed by atoms with Gasteiger partial charge < -0.3 is 14.7 Å². The number of amides is 3. The minimum absolute atomic E-state index is 0.0696. The number of ether oxygens (including phenoxy) is 1. The van der Waals surface area contributed by atoms with Gasteiger partial charge in [0, 0.05) is 18.9 Å². The van der Waals surface area contributed by atoms with Gasteiger partial charge in [-0.05, 0) is 35.9 Å². The number of aromatic carboxylic acids is 1. The van der Waals surface area contributed by atoms with E-state index in [0.29, 0.717) is 5.56 Å². The molecule has 0 aliphatic carbocycles. The van der Waals surface area contributed by atoms with Crippen molar-refractivity contribution in [2.75, 3.05) is 11.4 Å². The van der Waals surface area contributed by atoms with E-state index in [1.165, 1.54) is 12.3 Å². The van der Waals surface area contributed by atoms with Crippen molar-refractivity contribution in [3.8, 4) is 5.75 Å². The third kappa shape index (κ3) is 4.03. The van der Waals surface area contributed by atoms with Crippen molar-refractivity contribution >= 4 is 23.6 Å². The Hall–Kier alpha value is -3.63. The van der Waals surface area contributed by atoms with Gasteiger partial charge in [-0.2, -0.15) is 0 Å². The van der Waals surface area contributed by atoms with Crippen LogP contribution in [0.2, 0.25) is 0 Å². The van der Waals surface area contributed by atoms with Gasteiger partial charge in [0.1, 0.15) is 12.3 Å². The molecule has 0 spiro atoms. The van der Waals surface area contributed by atoms with Crippen LogP contribution in [0.4, 0.5) is 23.7 Å². The molecule has 0 unspecified atom stereocenters. The zero-order valence-electron chi connectivity index (χ0n) is 14.0. The zero-order chi connectivity index (χ0) is 20.5. The van der Waals surface area contributed by atoms with Gasteiger partial charge in [-0.25, -0.2) is 14.5 Å². The number of hydrogen-bond donors (Lipinski definition) is 1. The molecule has 1 aromatic heterocycles. The first-order valence-electron chi connectivity index (χ1n) is 7.79. The molecule has 3 rings (SSSR count). The van der Waals surface area contributed by atoms with Crippen LogP contribution in [-0.4, -0.2) is 45.8 Å². The Morgan fingerprint density at radius 3 is 2.46 bits per heavy atom. The second-order valence-electron chi connectivity index (χ2n) is 5.75. The van der Waals surface area contributed by atoms with Crippen molar-refractivity contribution in [3.63, 3.8) is 0 Å². The lowest BCUT2D eigenvalue weighted by Gasteiger charge is -2.18. The molecule has 1 aliphatic rings. The van der Waals surface area contributed by atoms with E-state index in [9.17, 15) is 32.7 Å². The summed E-state index contributed by atoms with van der Waals surface area (Å²) >= 11 is 0. The maximum Gasteiger partial charge on any atom is 0.573 e. The Morgan fingerprint density at radius 2 is 1.86 bits per heavy atom. The van der Waals surface area contributed by atoms with Crippen molar-refractivity contribution in [2.24, 2.45) is 0 Å². The van der Waals surface area contributed by atoms with Crippen LogP contribution in [0.3, 0.4) is 0 Å². The molecule has 0 bridgehead atoms. The largest absolute Gasteiger partial charge is 0.573 e. The lowest BCUT2D eigenvalue weighted by Crippen LogP contribution is -2.33.